The molecule has 0 saturated carbocycles. The van der Waals surface area contributed by atoms with Crippen molar-refractivity contribution in [1.29, 1.82) is 0 Å². The van der Waals surface area contributed by atoms with Crippen LogP contribution in [-0.4, -0.2) is 53.2 Å². The molecule has 2 amide bonds. The van der Waals surface area contributed by atoms with Gasteiger partial charge in [0.05, 0.1) is 22.2 Å². The van der Waals surface area contributed by atoms with E-state index in [4.69, 9.17) is 5.73 Å². The first kappa shape index (κ1) is 21.4. The molecular formula is C21H28N4O3S. The van der Waals surface area contributed by atoms with Gasteiger partial charge in [-0.15, -0.1) is 11.3 Å². The number of nitrogens with two attached hydrogens (primary N) is 1. The number of hydrogen-bond acceptors (Lipinski definition) is 6. The Kier molecular flexibility index (Phi) is 7.33. The van der Waals surface area contributed by atoms with Crippen molar-refractivity contribution in [2.45, 2.75) is 45.1 Å². The Morgan fingerprint density at radius 2 is 2.10 bits per heavy atom. The molecule has 1 aliphatic rings. The molecule has 3 rings (SSSR count). The first-order valence-electron chi connectivity index (χ1n) is 10.2. The Bertz CT molecular complexity index is 849. The predicted molar refractivity (Wildman–Crippen MR) is 114 cm³/mol. The number of rotatable bonds is 8. The highest BCUT2D eigenvalue weighted by molar-refractivity contribution is 7.20. The number of unbranched alkanes of at least 4 members (excludes halogenated alkanes) is 1. The number of carbonyl (C=O) groups excluding carboxylic acids is 3. The largest absolute Gasteiger partial charge is 0.346 e. The minimum Gasteiger partial charge on any atom is -0.346 e. The molecule has 1 aliphatic heterocycles. The first-order valence-corrected chi connectivity index (χ1v) is 11.0. The van der Waals surface area contributed by atoms with Crippen LogP contribution in [0.1, 0.15) is 48.8 Å². The minimum atomic E-state index is -0.623. The Hall–Kier alpha value is -2.32. The second-order valence-electron chi connectivity index (χ2n) is 7.50. The van der Waals surface area contributed by atoms with Gasteiger partial charge in [0, 0.05) is 20.0 Å². The summed E-state index contributed by atoms with van der Waals surface area (Å²) in [5.41, 5.74) is 6.38. The summed E-state index contributed by atoms with van der Waals surface area (Å²) in [6.45, 7) is 3.16. The molecule has 2 aromatic rings. The number of nitrogens with one attached hydrogen (secondary N) is 1. The molecule has 0 unspecified atom stereocenters. The number of nitrogens with zero attached hydrogens (tertiary/aromatic N) is 2. The molecule has 0 radical (unpaired) electrons. The van der Waals surface area contributed by atoms with Crippen molar-refractivity contribution in [1.82, 2.24) is 15.2 Å². The van der Waals surface area contributed by atoms with Gasteiger partial charge in [-0.3, -0.25) is 14.4 Å². The molecule has 3 N–H and O–H groups in total. The molecule has 0 bridgehead atoms. The van der Waals surface area contributed by atoms with Crippen LogP contribution in [0.5, 0.6) is 0 Å². The van der Waals surface area contributed by atoms with Gasteiger partial charge in [0.2, 0.25) is 17.6 Å². The molecule has 1 saturated heterocycles. The van der Waals surface area contributed by atoms with Crippen LogP contribution in [-0.2, 0) is 9.59 Å². The monoisotopic (exact) mass is 416 g/mol. The number of benzene rings is 1. The molecule has 8 heteroatoms. The average Bonchev–Trinajstić information content (AvgIpc) is 3.17. The quantitative estimate of drug-likeness (QED) is 0.508. The Morgan fingerprint density at radius 3 is 2.83 bits per heavy atom. The van der Waals surface area contributed by atoms with E-state index in [0.717, 1.165) is 35.9 Å². The normalized spacial score (nSPS) is 17.9. The third-order valence-corrected chi connectivity index (χ3v) is 6.37. The topological polar surface area (TPSA) is 105 Å². The third-order valence-electron chi connectivity index (χ3n) is 5.32. The molecular weight excluding hydrogens is 388 g/mol. The van der Waals surface area contributed by atoms with E-state index in [1.165, 1.54) is 18.3 Å². The van der Waals surface area contributed by atoms with E-state index < -0.39 is 6.04 Å². The summed E-state index contributed by atoms with van der Waals surface area (Å²) in [7, 11) is 0. The Morgan fingerprint density at radius 1 is 1.31 bits per heavy atom. The summed E-state index contributed by atoms with van der Waals surface area (Å²) in [4.78, 5) is 43.8. The van der Waals surface area contributed by atoms with Gasteiger partial charge in [-0.25, -0.2) is 4.98 Å². The maximum atomic E-state index is 13.1. The number of piperidine rings is 1. The molecule has 1 aromatic heterocycles. The van der Waals surface area contributed by atoms with Gasteiger partial charge < -0.3 is 16.0 Å². The van der Waals surface area contributed by atoms with Gasteiger partial charge in [-0.1, -0.05) is 12.1 Å². The summed E-state index contributed by atoms with van der Waals surface area (Å²) in [5.74, 6) is -0.626. The van der Waals surface area contributed by atoms with Gasteiger partial charge >= 0.3 is 0 Å². The molecule has 7 nitrogen and oxygen atoms in total. The van der Waals surface area contributed by atoms with Crippen molar-refractivity contribution in [3.63, 3.8) is 0 Å². The summed E-state index contributed by atoms with van der Waals surface area (Å²) in [5, 5.41) is 3.36. The van der Waals surface area contributed by atoms with Crippen molar-refractivity contribution in [3.05, 3.63) is 29.3 Å². The molecule has 156 valence electrons. The standard InChI is InChI=1S/C21H28N4O3S/c1-14(26)25-12-6-7-15(13-25)20(28)23-17(9-4-5-11-22)19(27)21-24-16-8-2-3-10-18(16)29-21/h2-3,8,10,15,17H,4-7,9,11-13,22H2,1H3,(H,23,28)/t15-,17-/m0/s1. The number of thiazole rings is 1. The summed E-state index contributed by atoms with van der Waals surface area (Å²) < 4.78 is 0.951. The summed E-state index contributed by atoms with van der Waals surface area (Å²) in [6, 6.07) is 7.00. The number of aromatic nitrogens is 1. The molecule has 1 fully saturated rings. The van der Waals surface area contributed by atoms with Gasteiger partial charge in [-0.05, 0) is 50.8 Å². The zero-order chi connectivity index (χ0) is 20.8. The number of hydrogen-bond donors (Lipinski definition) is 2. The lowest BCUT2D eigenvalue weighted by molar-refractivity contribution is -0.134. The summed E-state index contributed by atoms with van der Waals surface area (Å²) in [6.07, 6.45) is 3.59. The van der Waals surface area contributed by atoms with Crippen LogP contribution >= 0.6 is 11.3 Å². The van der Waals surface area contributed by atoms with Crippen molar-refractivity contribution >= 4 is 39.2 Å². The van der Waals surface area contributed by atoms with E-state index >= 15 is 0 Å². The third kappa shape index (κ3) is 5.39. The fourth-order valence-corrected chi connectivity index (χ4v) is 4.62. The molecule has 0 aliphatic carbocycles. The van der Waals surface area contributed by atoms with Crippen LogP contribution in [0.15, 0.2) is 24.3 Å². The average molecular weight is 417 g/mol. The van der Waals surface area contributed by atoms with E-state index in [1.54, 1.807) is 4.90 Å². The lowest BCUT2D eigenvalue weighted by atomic mass is 9.96. The minimum absolute atomic E-state index is 0.0208. The van der Waals surface area contributed by atoms with Crippen LogP contribution in [0.25, 0.3) is 10.2 Å². The Balaban J connectivity index is 1.72. The van der Waals surface area contributed by atoms with Crippen molar-refractivity contribution in [2.24, 2.45) is 11.7 Å². The van der Waals surface area contributed by atoms with Crippen LogP contribution in [0.3, 0.4) is 0 Å². The molecule has 1 aromatic carbocycles. The van der Waals surface area contributed by atoms with Gasteiger partial charge in [0.1, 0.15) is 0 Å². The molecule has 29 heavy (non-hydrogen) atoms. The van der Waals surface area contributed by atoms with Crippen molar-refractivity contribution in [2.75, 3.05) is 19.6 Å². The lowest BCUT2D eigenvalue weighted by Gasteiger charge is -2.32. The fourth-order valence-electron chi connectivity index (χ4n) is 3.65. The van der Waals surface area contributed by atoms with E-state index in [0.29, 0.717) is 31.1 Å². The SMILES string of the molecule is CC(=O)N1CCC[C@H](C(=O)N[C@@H](CCCCN)C(=O)c2nc3ccccc3s2)C1. The summed E-state index contributed by atoms with van der Waals surface area (Å²) >= 11 is 1.35. The number of para-hydroxylation sites is 1. The van der Waals surface area contributed by atoms with Gasteiger partial charge in [0.15, 0.2) is 5.01 Å². The van der Waals surface area contributed by atoms with Crippen molar-refractivity contribution < 1.29 is 14.4 Å². The zero-order valence-corrected chi connectivity index (χ0v) is 17.5. The number of Topliss-reactive ketones (excluding diaryl/α,β-unsaturated/α-hetero) is 1. The molecule has 2 atom stereocenters. The highest BCUT2D eigenvalue weighted by Crippen LogP contribution is 2.24. The number of likely N-dealkylation sites (tertiary alicyclic amines) is 1. The smallest absolute Gasteiger partial charge is 0.225 e. The maximum absolute atomic E-state index is 13.1. The van der Waals surface area contributed by atoms with Crippen LogP contribution in [0, 0.1) is 5.92 Å². The van der Waals surface area contributed by atoms with Crippen molar-refractivity contribution in [3.8, 4) is 0 Å². The fraction of sp³-hybridized carbons (Fsp3) is 0.524. The van der Waals surface area contributed by atoms with Gasteiger partial charge in [-0.2, -0.15) is 0 Å². The second-order valence-corrected chi connectivity index (χ2v) is 8.53. The molecule has 2 heterocycles. The zero-order valence-electron chi connectivity index (χ0n) is 16.7. The number of fused-ring (bicyclic) bond motifs is 1. The first-order chi connectivity index (χ1) is 14.0. The van der Waals surface area contributed by atoms with E-state index in [1.807, 2.05) is 24.3 Å². The number of carbonyl (C=O) groups is 3. The highest BCUT2D eigenvalue weighted by Gasteiger charge is 2.31. The van der Waals surface area contributed by atoms with Crippen LogP contribution in [0.2, 0.25) is 0 Å². The van der Waals surface area contributed by atoms with Crippen LogP contribution in [0.4, 0.5) is 0 Å². The second kappa shape index (κ2) is 9.93. The number of ketones is 1. The maximum Gasteiger partial charge on any atom is 0.225 e. The van der Waals surface area contributed by atoms with E-state index in [2.05, 4.69) is 10.3 Å². The highest BCUT2D eigenvalue weighted by atomic mass is 32.1. The van der Waals surface area contributed by atoms with E-state index in [9.17, 15) is 14.4 Å². The Labute approximate surface area is 174 Å². The molecule has 0 spiro atoms. The number of amides is 2. The van der Waals surface area contributed by atoms with Gasteiger partial charge in [0.25, 0.3) is 0 Å². The van der Waals surface area contributed by atoms with Crippen LogP contribution < -0.4 is 11.1 Å². The predicted octanol–water partition coefficient (Wildman–Crippen LogP) is 2.35. The van der Waals surface area contributed by atoms with E-state index in [-0.39, 0.29) is 23.5 Å². The lowest BCUT2D eigenvalue weighted by Crippen LogP contribution is -2.49.